The summed E-state index contributed by atoms with van der Waals surface area (Å²) in [6.45, 7) is 0. The number of carboxylic acids is 2. The second-order valence-corrected chi connectivity index (χ2v) is 6.22. The van der Waals surface area contributed by atoms with E-state index < -0.39 is 11.9 Å². The number of nitrogens with zero attached hydrogens (tertiary/aromatic N) is 2. The van der Waals surface area contributed by atoms with Gasteiger partial charge in [-0.2, -0.15) is 10.2 Å². The fourth-order valence-electron chi connectivity index (χ4n) is 2.85. The lowest BCUT2D eigenvalue weighted by Crippen LogP contribution is -2.02. The summed E-state index contributed by atoms with van der Waals surface area (Å²) in [5, 5.41) is 26.7. The molecule has 0 radical (unpaired) electrons. The molecule has 2 N–H and O–H groups in total. The molecule has 0 bridgehead atoms. The van der Waals surface area contributed by atoms with Crippen molar-refractivity contribution in [3.63, 3.8) is 0 Å². The molecule has 0 saturated carbocycles. The van der Waals surface area contributed by atoms with Crippen LogP contribution in [-0.2, 0) is 22.4 Å². The Bertz CT molecular complexity index is 1030. The lowest BCUT2D eigenvalue weighted by Gasteiger charge is -2.10. The van der Waals surface area contributed by atoms with E-state index in [0.717, 1.165) is 5.56 Å². The summed E-state index contributed by atoms with van der Waals surface area (Å²) in [7, 11) is 0. The number of rotatable bonds is 7. The van der Waals surface area contributed by atoms with Crippen LogP contribution < -0.4 is 0 Å². The van der Waals surface area contributed by atoms with E-state index in [1.165, 1.54) is 0 Å². The molecule has 0 fully saturated rings. The average molecular weight is 374 g/mol. The largest absolute Gasteiger partial charge is 0.481 e. The van der Waals surface area contributed by atoms with Crippen LogP contribution in [0.5, 0.6) is 0 Å². The van der Waals surface area contributed by atoms with Crippen molar-refractivity contribution >= 4 is 23.3 Å². The standard InChI is InChI=1S/C22H18N2O4/c25-21(26)12-15-5-4-6-16(11-15)20-14-19(10-9-17(20)13-22(27)28)24-23-18-7-2-1-3-8-18/h1-11,14H,12-13H2,(H,25,26)(H,27,28). The summed E-state index contributed by atoms with van der Waals surface area (Å²) in [5.41, 5.74) is 3.99. The highest BCUT2D eigenvalue weighted by molar-refractivity contribution is 5.79. The topological polar surface area (TPSA) is 99.3 Å². The van der Waals surface area contributed by atoms with Gasteiger partial charge in [-0.3, -0.25) is 9.59 Å². The molecule has 3 aromatic carbocycles. The van der Waals surface area contributed by atoms with Crippen LogP contribution in [-0.4, -0.2) is 22.2 Å². The van der Waals surface area contributed by atoms with Crippen molar-refractivity contribution in [2.24, 2.45) is 10.2 Å². The molecule has 0 aliphatic rings. The fourth-order valence-corrected chi connectivity index (χ4v) is 2.85. The van der Waals surface area contributed by atoms with E-state index in [9.17, 15) is 14.7 Å². The molecular formula is C22H18N2O4. The van der Waals surface area contributed by atoms with Gasteiger partial charge in [-0.15, -0.1) is 0 Å². The van der Waals surface area contributed by atoms with Crippen LogP contribution in [0.3, 0.4) is 0 Å². The molecule has 0 aliphatic carbocycles. The van der Waals surface area contributed by atoms with Gasteiger partial charge in [-0.1, -0.05) is 48.5 Å². The summed E-state index contributed by atoms with van der Waals surface area (Å²) in [6.07, 6.45) is -0.246. The first-order valence-corrected chi connectivity index (χ1v) is 8.64. The first-order valence-electron chi connectivity index (χ1n) is 8.64. The second kappa shape index (κ2) is 8.73. The highest BCUT2D eigenvalue weighted by Crippen LogP contribution is 2.30. The Hall–Kier alpha value is -3.80. The minimum atomic E-state index is -0.943. The maximum Gasteiger partial charge on any atom is 0.307 e. The Morgan fingerprint density at radius 1 is 0.714 bits per heavy atom. The van der Waals surface area contributed by atoms with Crippen molar-refractivity contribution in [3.05, 3.63) is 83.9 Å². The van der Waals surface area contributed by atoms with Crippen molar-refractivity contribution in [2.45, 2.75) is 12.8 Å². The smallest absolute Gasteiger partial charge is 0.307 e. The molecule has 0 saturated heterocycles. The molecule has 140 valence electrons. The fraction of sp³-hybridized carbons (Fsp3) is 0.0909. The molecule has 0 heterocycles. The summed E-state index contributed by atoms with van der Waals surface area (Å²) in [4.78, 5) is 22.2. The summed E-state index contributed by atoms with van der Waals surface area (Å²) >= 11 is 0. The Kier molecular flexibility index (Phi) is 5.91. The predicted octanol–water partition coefficient (Wildman–Crippen LogP) is 5.02. The van der Waals surface area contributed by atoms with Crippen LogP contribution in [0.25, 0.3) is 11.1 Å². The van der Waals surface area contributed by atoms with Crippen molar-refractivity contribution < 1.29 is 19.8 Å². The molecule has 0 aliphatic heterocycles. The zero-order chi connectivity index (χ0) is 19.9. The molecule has 6 heteroatoms. The molecule has 28 heavy (non-hydrogen) atoms. The first-order chi connectivity index (χ1) is 13.5. The molecule has 3 rings (SSSR count). The van der Waals surface area contributed by atoms with Gasteiger partial charge in [0.1, 0.15) is 0 Å². The lowest BCUT2D eigenvalue weighted by atomic mass is 9.95. The molecule has 0 unspecified atom stereocenters. The third-order valence-electron chi connectivity index (χ3n) is 4.07. The van der Waals surface area contributed by atoms with E-state index in [4.69, 9.17) is 5.11 Å². The lowest BCUT2D eigenvalue weighted by molar-refractivity contribution is -0.137. The van der Waals surface area contributed by atoms with E-state index in [1.807, 2.05) is 36.4 Å². The van der Waals surface area contributed by atoms with Crippen LogP contribution in [0.1, 0.15) is 11.1 Å². The normalized spacial score (nSPS) is 10.9. The quantitative estimate of drug-likeness (QED) is 0.567. The van der Waals surface area contributed by atoms with Gasteiger partial charge in [0.15, 0.2) is 0 Å². The van der Waals surface area contributed by atoms with E-state index >= 15 is 0 Å². The van der Waals surface area contributed by atoms with Crippen LogP contribution in [0.4, 0.5) is 11.4 Å². The third kappa shape index (κ3) is 5.11. The average Bonchev–Trinajstić information content (AvgIpc) is 2.67. The number of azo groups is 1. The highest BCUT2D eigenvalue weighted by Gasteiger charge is 2.11. The first kappa shape index (κ1) is 19.0. The second-order valence-electron chi connectivity index (χ2n) is 6.22. The van der Waals surface area contributed by atoms with Gasteiger partial charge in [0.05, 0.1) is 24.2 Å². The number of hydrogen-bond acceptors (Lipinski definition) is 4. The van der Waals surface area contributed by atoms with Gasteiger partial charge >= 0.3 is 11.9 Å². The minimum absolute atomic E-state index is 0.102. The summed E-state index contributed by atoms with van der Waals surface area (Å²) < 4.78 is 0. The number of hydrogen-bond donors (Lipinski definition) is 2. The van der Waals surface area contributed by atoms with Crippen molar-refractivity contribution in [1.29, 1.82) is 0 Å². The Morgan fingerprint density at radius 3 is 2.14 bits per heavy atom. The number of carboxylic acid groups (broad SMARTS) is 2. The summed E-state index contributed by atoms with van der Waals surface area (Å²) in [5.74, 6) is -1.87. The number of aliphatic carboxylic acids is 2. The highest BCUT2D eigenvalue weighted by atomic mass is 16.4. The predicted molar refractivity (Wildman–Crippen MR) is 105 cm³/mol. The summed E-state index contributed by atoms with van der Waals surface area (Å²) in [6, 6.07) is 21.6. The van der Waals surface area contributed by atoms with Crippen LogP contribution in [0.15, 0.2) is 83.0 Å². The Labute approximate surface area is 161 Å². The van der Waals surface area contributed by atoms with Crippen LogP contribution in [0, 0.1) is 0 Å². The van der Waals surface area contributed by atoms with Crippen LogP contribution >= 0.6 is 0 Å². The monoisotopic (exact) mass is 374 g/mol. The molecule has 0 spiro atoms. The van der Waals surface area contributed by atoms with Gasteiger partial charge in [-0.05, 0) is 46.5 Å². The van der Waals surface area contributed by atoms with Crippen molar-refractivity contribution in [2.75, 3.05) is 0 Å². The van der Waals surface area contributed by atoms with E-state index in [2.05, 4.69) is 10.2 Å². The molecular weight excluding hydrogens is 356 g/mol. The van der Waals surface area contributed by atoms with E-state index in [-0.39, 0.29) is 12.8 Å². The van der Waals surface area contributed by atoms with Gasteiger partial charge in [-0.25, -0.2) is 0 Å². The molecule has 3 aromatic rings. The van der Waals surface area contributed by atoms with Gasteiger partial charge in [0.25, 0.3) is 0 Å². The van der Waals surface area contributed by atoms with E-state index in [1.54, 1.807) is 36.4 Å². The molecule has 0 aromatic heterocycles. The van der Waals surface area contributed by atoms with Gasteiger partial charge in [0, 0.05) is 0 Å². The Morgan fingerprint density at radius 2 is 1.43 bits per heavy atom. The minimum Gasteiger partial charge on any atom is -0.481 e. The number of carbonyl (C=O) groups is 2. The molecule has 0 amide bonds. The molecule has 6 nitrogen and oxygen atoms in total. The maximum absolute atomic E-state index is 11.2. The Balaban J connectivity index is 2.00. The zero-order valence-corrected chi connectivity index (χ0v) is 14.9. The van der Waals surface area contributed by atoms with Crippen molar-refractivity contribution in [3.8, 4) is 11.1 Å². The van der Waals surface area contributed by atoms with Crippen molar-refractivity contribution in [1.82, 2.24) is 0 Å². The van der Waals surface area contributed by atoms with Crippen LogP contribution in [0.2, 0.25) is 0 Å². The SMILES string of the molecule is O=C(O)Cc1cccc(-c2cc(N=Nc3ccccc3)ccc2CC(=O)O)c1. The zero-order valence-electron chi connectivity index (χ0n) is 14.9. The van der Waals surface area contributed by atoms with Gasteiger partial charge in [0.2, 0.25) is 0 Å². The van der Waals surface area contributed by atoms with E-state index in [0.29, 0.717) is 28.1 Å². The number of benzene rings is 3. The third-order valence-corrected chi connectivity index (χ3v) is 4.07. The molecule has 0 atom stereocenters. The van der Waals surface area contributed by atoms with Gasteiger partial charge < -0.3 is 10.2 Å². The maximum atomic E-state index is 11.2.